The van der Waals surface area contributed by atoms with Crippen molar-refractivity contribution < 1.29 is 29.3 Å². The minimum Gasteiger partial charge on any atom is -0.478 e. The Balaban J connectivity index is 1.50. The molecule has 2 N–H and O–H groups in total. The van der Waals surface area contributed by atoms with Crippen LogP contribution in [0.5, 0.6) is 0 Å². The number of hydrogen-bond donors (Lipinski definition) is 2. The first-order chi connectivity index (χ1) is 13.5. The van der Waals surface area contributed by atoms with E-state index in [1.807, 2.05) is 6.07 Å². The molecule has 150 valence electrons. The Hall–Kier alpha value is -1.92. The monoisotopic (exact) mass is 386 g/mol. The molecule has 2 heterocycles. The number of carboxylic acid groups (broad SMARTS) is 2. The summed E-state index contributed by atoms with van der Waals surface area (Å²) in [5.74, 6) is -1.66. The summed E-state index contributed by atoms with van der Waals surface area (Å²) >= 11 is 0. The highest BCUT2D eigenvalue weighted by Gasteiger charge is 2.49. The van der Waals surface area contributed by atoms with Crippen LogP contribution in [0.15, 0.2) is 12.1 Å². The van der Waals surface area contributed by atoms with Crippen LogP contribution in [0.25, 0.3) is 0 Å². The van der Waals surface area contributed by atoms with Crippen molar-refractivity contribution in [3.05, 3.63) is 34.4 Å². The second-order valence-electron chi connectivity index (χ2n) is 8.80. The summed E-state index contributed by atoms with van der Waals surface area (Å²) < 4.78 is 11.6. The lowest BCUT2D eigenvalue weighted by atomic mass is 9.78. The number of aromatic carboxylic acids is 2. The molecule has 1 aromatic carbocycles. The zero-order valence-corrected chi connectivity index (χ0v) is 15.8. The third-order valence-corrected chi connectivity index (χ3v) is 7.10. The summed E-state index contributed by atoms with van der Waals surface area (Å²) in [6.07, 6.45) is 9.06. The van der Waals surface area contributed by atoms with Crippen molar-refractivity contribution in [2.75, 3.05) is 0 Å². The maximum absolute atomic E-state index is 12.1. The molecule has 6 heteroatoms. The van der Waals surface area contributed by atoms with Gasteiger partial charge in [-0.2, -0.15) is 0 Å². The van der Waals surface area contributed by atoms with Gasteiger partial charge >= 0.3 is 11.9 Å². The van der Waals surface area contributed by atoms with Crippen LogP contribution in [0, 0.1) is 11.8 Å². The van der Waals surface area contributed by atoms with Crippen molar-refractivity contribution in [3.63, 3.8) is 0 Å². The molecule has 2 saturated heterocycles. The predicted octanol–water partition coefficient (Wildman–Crippen LogP) is 3.30. The van der Waals surface area contributed by atoms with E-state index in [-0.39, 0.29) is 23.1 Å². The molecule has 2 aliphatic carbocycles. The summed E-state index contributed by atoms with van der Waals surface area (Å²) in [5.41, 5.74) is 1.54. The van der Waals surface area contributed by atoms with Crippen LogP contribution in [-0.2, 0) is 22.3 Å². The van der Waals surface area contributed by atoms with E-state index in [1.165, 1.54) is 6.07 Å². The standard InChI is InChI=1S/C22H26O6/c23-21(24)14-8-7-11(9-12-3-1-5-16-19(12)27-16)15(18(14)22(25)26)10-13-4-2-6-17-20(13)28-17/h7-8,12-13,16-17,19-20H,1-6,9-10H2,(H,23,24)(H,25,26). The second-order valence-corrected chi connectivity index (χ2v) is 8.80. The van der Waals surface area contributed by atoms with Crippen LogP contribution in [0.4, 0.5) is 0 Å². The van der Waals surface area contributed by atoms with Gasteiger partial charge in [-0.25, -0.2) is 9.59 Å². The predicted molar refractivity (Wildman–Crippen MR) is 99.8 cm³/mol. The summed E-state index contributed by atoms with van der Waals surface area (Å²) in [6, 6.07) is 3.31. The van der Waals surface area contributed by atoms with E-state index in [4.69, 9.17) is 9.47 Å². The molecule has 2 saturated carbocycles. The van der Waals surface area contributed by atoms with Gasteiger partial charge in [0.05, 0.1) is 35.5 Å². The Morgan fingerprint density at radius 1 is 0.857 bits per heavy atom. The molecule has 28 heavy (non-hydrogen) atoms. The minimum absolute atomic E-state index is 0.0307. The van der Waals surface area contributed by atoms with E-state index in [0.717, 1.165) is 50.5 Å². The third kappa shape index (κ3) is 3.22. The van der Waals surface area contributed by atoms with E-state index in [2.05, 4.69) is 0 Å². The first-order valence-electron chi connectivity index (χ1n) is 10.4. The molecule has 0 radical (unpaired) electrons. The molecule has 4 aliphatic rings. The molecule has 0 spiro atoms. The lowest BCUT2D eigenvalue weighted by Crippen LogP contribution is -2.24. The average Bonchev–Trinajstić information content (AvgIpc) is 3.56. The van der Waals surface area contributed by atoms with Gasteiger partial charge in [0.15, 0.2) is 0 Å². The number of fused-ring (bicyclic) bond motifs is 2. The minimum atomic E-state index is -1.18. The van der Waals surface area contributed by atoms with Gasteiger partial charge in [-0.15, -0.1) is 0 Å². The van der Waals surface area contributed by atoms with Gasteiger partial charge in [0, 0.05) is 0 Å². The van der Waals surface area contributed by atoms with Gasteiger partial charge in [0.2, 0.25) is 0 Å². The number of ether oxygens (including phenoxy) is 2. The highest BCUT2D eigenvalue weighted by atomic mass is 16.6. The summed E-state index contributed by atoms with van der Waals surface area (Å²) in [6.45, 7) is 0. The normalized spacial score (nSPS) is 35.6. The van der Waals surface area contributed by atoms with Crippen LogP contribution in [0.2, 0.25) is 0 Å². The lowest BCUT2D eigenvalue weighted by Gasteiger charge is -2.24. The van der Waals surface area contributed by atoms with Gasteiger partial charge < -0.3 is 19.7 Å². The van der Waals surface area contributed by atoms with Gasteiger partial charge in [0.25, 0.3) is 0 Å². The molecule has 6 atom stereocenters. The fraction of sp³-hybridized carbons (Fsp3) is 0.636. The molecule has 6 unspecified atom stereocenters. The number of hydrogen-bond acceptors (Lipinski definition) is 4. The van der Waals surface area contributed by atoms with Crippen LogP contribution in [0.1, 0.15) is 70.4 Å². The fourth-order valence-corrected chi connectivity index (χ4v) is 5.62. The largest absolute Gasteiger partial charge is 0.478 e. The van der Waals surface area contributed by atoms with Crippen molar-refractivity contribution in [3.8, 4) is 0 Å². The quantitative estimate of drug-likeness (QED) is 0.728. The number of benzene rings is 1. The Bertz CT molecular complexity index is 817. The van der Waals surface area contributed by atoms with Gasteiger partial charge in [-0.3, -0.25) is 0 Å². The smallest absolute Gasteiger partial charge is 0.336 e. The topological polar surface area (TPSA) is 99.7 Å². The van der Waals surface area contributed by atoms with E-state index >= 15 is 0 Å². The SMILES string of the molecule is O=C(O)c1ccc(CC2CCCC3OC23)c(CC2CCCC3OC23)c1C(=O)O. The van der Waals surface area contributed by atoms with Gasteiger partial charge in [0.1, 0.15) is 0 Å². The zero-order valence-electron chi connectivity index (χ0n) is 15.8. The van der Waals surface area contributed by atoms with E-state index in [0.29, 0.717) is 36.2 Å². The van der Waals surface area contributed by atoms with Crippen LogP contribution < -0.4 is 0 Å². The Morgan fingerprint density at radius 2 is 1.46 bits per heavy atom. The zero-order chi connectivity index (χ0) is 19.4. The molecule has 2 aliphatic heterocycles. The third-order valence-electron chi connectivity index (χ3n) is 7.10. The van der Waals surface area contributed by atoms with E-state index in [1.54, 1.807) is 0 Å². The van der Waals surface area contributed by atoms with Crippen LogP contribution >= 0.6 is 0 Å². The Morgan fingerprint density at radius 3 is 2.04 bits per heavy atom. The van der Waals surface area contributed by atoms with Crippen LogP contribution in [-0.4, -0.2) is 46.6 Å². The first-order valence-corrected chi connectivity index (χ1v) is 10.4. The van der Waals surface area contributed by atoms with Gasteiger partial charge in [-0.1, -0.05) is 18.9 Å². The van der Waals surface area contributed by atoms with Gasteiger partial charge in [-0.05, 0) is 67.6 Å². The van der Waals surface area contributed by atoms with Crippen molar-refractivity contribution in [1.29, 1.82) is 0 Å². The maximum Gasteiger partial charge on any atom is 0.336 e. The van der Waals surface area contributed by atoms with E-state index < -0.39 is 11.9 Å². The number of carboxylic acids is 2. The van der Waals surface area contributed by atoms with Crippen molar-refractivity contribution in [1.82, 2.24) is 0 Å². The maximum atomic E-state index is 12.1. The number of epoxide rings is 2. The van der Waals surface area contributed by atoms with E-state index in [9.17, 15) is 19.8 Å². The fourth-order valence-electron chi connectivity index (χ4n) is 5.62. The number of carbonyl (C=O) groups is 2. The first kappa shape index (κ1) is 18.1. The molecule has 0 aromatic heterocycles. The molecule has 6 nitrogen and oxygen atoms in total. The lowest BCUT2D eigenvalue weighted by molar-refractivity contribution is 0.0650. The summed E-state index contributed by atoms with van der Waals surface area (Å²) in [4.78, 5) is 23.8. The van der Waals surface area contributed by atoms with Crippen molar-refractivity contribution in [2.24, 2.45) is 11.8 Å². The highest BCUT2D eigenvalue weighted by Crippen LogP contribution is 2.45. The highest BCUT2D eigenvalue weighted by molar-refractivity contribution is 6.03. The molecule has 4 fully saturated rings. The second kappa shape index (κ2) is 6.85. The molecular weight excluding hydrogens is 360 g/mol. The Kier molecular flexibility index (Phi) is 4.43. The van der Waals surface area contributed by atoms with Crippen LogP contribution in [0.3, 0.4) is 0 Å². The van der Waals surface area contributed by atoms with Crippen molar-refractivity contribution >= 4 is 11.9 Å². The summed E-state index contributed by atoms with van der Waals surface area (Å²) in [5, 5.41) is 19.4. The molecular formula is C22H26O6. The molecule has 5 rings (SSSR count). The average molecular weight is 386 g/mol. The summed E-state index contributed by atoms with van der Waals surface area (Å²) in [7, 11) is 0. The molecule has 0 bridgehead atoms. The number of rotatable bonds is 6. The van der Waals surface area contributed by atoms with Crippen molar-refractivity contribution in [2.45, 2.75) is 75.8 Å². The Labute approximate surface area is 163 Å². The molecule has 1 aromatic rings. The molecule has 0 amide bonds.